The second-order valence-electron chi connectivity index (χ2n) is 5.35. The van der Waals surface area contributed by atoms with E-state index in [1.54, 1.807) is 0 Å². The molecule has 0 aromatic heterocycles. The number of nitrogens with one attached hydrogen (secondary N) is 1. The standard InChI is InChI=1S/C18H25N3.ClH/c19-13-5-4-8-18(20)16-9-11-17(12-10-16)21-14-15-6-2-1-3-7-15;/h1-3,6-7,9-12,18,21H,4-5,8,13-14,19-20H2;1H/t18-;/m1./s1. The lowest BCUT2D eigenvalue weighted by Gasteiger charge is -2.13. The van der Waals surface area contributed by atoms with E-state index in [4.69, 9.17) is 11.5 Å². The van der Waals surface area contributed by atoms with Gasteiger partial charge in [0.05, 0.1) is 0 Å². The van der Waals surface area contributed by atoms with E-state index in [9.17, 15) is 0 Å². The van der Waals surface area contributed by atoms with Crippen LogP contribution in [0.2, 0.25) is 0 Å². The molecule has 0 fully saturated rings. The molecule has 0 aliphatic heterocycles. The van der Waals surface area contributed by atoms with Gasteiger partial charge in [0.25, 0.3) is 0 Å². The Bertz CT molecular complexity index is 514. The summed E-state index contributed by atoms with van der Waals surface area (Å²) in [5.41, 5.74) is 15.3. The largest absolute Gasteiger partial charge is 0.381 e. The van der Waals surface area contributed by atoms with Gasteiger partial charge in [-0.3, -0.25) is 0 Å². The van der Waals surface area contributed by atoms with Crippen LogP contribution in [0.1, 0.15) is 36.4 Å². The van der Waals surface area contributed by atoms with Gasteiger partial charge in [-0.05, 0) is 42.6 Å². The summed E-state index contributed by atoms with van der Waals surface area (Å²) in [7, 11) is 0. The van der Waals surface area contributed by atoms with Gasteiger partial charge < -0.3 is 16.8 Å². The summed E-state index contributed by atoms with van der Waals surface area (Å²) in [4.78, 5) is 0. The number of benzene rings is 2. The topological polar surface area (TPSA) is 64.1 Å². The molecule has 0 unspecified atom stereocenters. The van der Waals surface area contributed by atoms with E-state index < -0.39 is 0 Å². The van der Waals surface area contributed by atoms with E-state index in [1.807, 2.05) is 6.07 Å². The molecular weight excluding hydrogens is 294 g/mol. The van der Waals surface area contributed by atoms with E-state index in [2.05, 4.69) is 53.8 Å². The number of hydrogen-bond donors (Lipinski definition) is 3. The lowest BCUT2D eigenvalue weighted by Crippen LogP contribution is -2.11. The molecule has 0 aliphatic carbocycles. The number of unbranched alkanes of at least 4 members (excludes halogenated alkanes) is 1. The van der Waals surface area contributed by atoms with Crippen LogP contribution < -0.4 is 16.8 Å². The first-order valence-electron chi connectivity index (χ1n) is 7.63. The lowest BCUT2D eigenvalue weighted by molar-refractivity contribution is 0.591. The molecule has 0 heterocycles. The highest BCUT2D eigenvalue weighted by Gasteiger charge is 2.05. The molecule has 0 spiro atoms. The van der Waals surface area contributed by atoms with Gasteiger partial charge >= 0.3 is 0 Å². The number of anilines is 1. The molecular formula is C18H26ClN3. The van der Waals surface area contributed by atoms with Crippen molar-refractivity contribution in [2.75, 3.05) is 11.9 Å². The lowest BCUT2D eigenvalue weighted by atomic mass is 10.0. The Kier molecular flexibility index (Phi) is 8.60. The maximum atomic E-state index is 6.19. The van der Waals surface area contributed by atoms with E-state index >= 15 is 0 Å². The van der Waals surface area contributed by atoms with Crippen LogP contribution in [0.15, 0.2) is 54.6 Å². The fourth-order valence-corrected chi connectivity index (χ4v) is 2.32. The fraction of sp³-hybridized carbons (Fsp3) is 0.333. The Labute approximate surface area is 139 Å². The highest BCUT2D eigenvalue weighted by atomic mass is 35.5. The molecule has 5 N–H and O–H groups in total. The minimum absolute atomic E-state index is 0. The molecule has 0 amide bonds. The third-order valence-corrected chi connectivity index (χ3v) is 3.65. The average molecular weight is 320 g/mol. The van der Waals surface area contributed by atoms with Crippen molar-refractivity contribution in [1.29, 1.82) is 0 Å². The van der Waals surface area contributed by atoms with E-state index in [0.29, 0.717) is 0 Å². The van der Waals surface area contributed by atoms with Gasteiger partial charge in [0.15, 0.2) is 0 Å². The van der Waals surface area contributed by atoms with Gasteiger partial charge in [-0.1, -0.05) is 48.9 Å². The maximum absolute atomic E-state index is 6.19. The third-order valence-electron chi connectivity index (χ3n) is 3.65. The average Bonchev–Trinajstić information content (AvgIpc) is 2.54. The van der Waals surface area contributed by atoms with Crippen LogP contribution in [-0.4, -0.2) is 6.54 Å². The predicted octanol–water partition coefficient (Wildman–Crippen LogP) is 3.85. The highest BCUT2D eigenvalue weighted by molar-refractivity contribution is 5.85. The van der Waals surface area contributed by atoms with Crippen molar-refractivity contribution in [1.82, 2.24) is 0 Å². The molecule has 2 rings (SSSR count). The van der Waals surface area contributed by atoms with Crippen LogP contribution >= 0.6 is 12.4 Å². The Balaban J connectivity index is 0.00000242. The molecule has 0 bridgehead atoms. The molecule has 2 aromatic carbocycles. The van der Waals surface area contributed by atoms with Crippen LogP contribution in [0, 0.1) is 0 Å². The van der Waals surface area contributed by atoms with Gasteiger partial charge in [0.2, 0.25) is 0 Å². The van der Waals surface area contributed by atoms with Crippen molar-refractivity contribution in [2.45, 2.75) is 31.8 Å². The highest BCUT2D eigenvalue weighted by Crippen LogP contribution is 2.19. The summed E-state index contributed by atoms with van der Waals surface area (Å²) < 4.78 is 0. The molecule has 0 saturated carbocycles. The van der Waals surface area contributed by atoms with Crippen LogP contribution in [0.25, 0.3) is 0 Å². The Hall–Kier alpha value is -1.55. The SMILES string of the molecule is Cl.NCCCC[C@@H](N)c1ccc(NCc2ccccc2)cc1. The van der Waals surface area contributed by atoms with Crippen LogP contribution in [0.5, 0.6) is 0 Å². The summed E-state index contributed by atoms with van der Waals surface area (Å²) in [5.74, 6) is 0. The molecule has 0 aliphatic rings. The second-order valence-corrected chi connectivity index (χ2v) is 5.35. The first-order valence-corrected chi connectivity index (χ1v) is 7.63. The summed E-state index contributed by atoms with van der Waals surface area (Å²) in [6.45, 7) is 1.58. The van der Waals surface area contributed by atoms with Gasteiger partial charge in [0.1, 0.15) is 0 Å². The van der Waals surface area contributed by atoms with E-state index in [1.165, 1.54) is 11.1 Å². The quantitative estimate of drug-likeness (QED) is 0.648. The smallest absolute Gasteiger partial charge is 0.0400 e. The zero-order valence-corrected chi connectivity index (χ0v) is 13.7. The number of halogens is 1. The van der Waals surface area contributed by atoms with Gasteiger partial charge in [-0.25, -0.2) is 0 Å². The van der Waals surface area contributed by atoms with Gasteiger partial charge in [-0.2, -0.15) is 0 Å². The molecule has 4 heteroatoms. The molecule has 22 heavy (non-hydrogen) atoms. The summed E-state index contributed by atoms with van der Waals surface area (Å²) >= 11 is 0. The van der Waals surface area contributed by atoms with Gasteiger partial charge in [-0.15, -0.1) is 12.4 Å². The van der Waals surface area contributed by atoms with Crippen LogP contribution in [0.4, 0.5) is 5.69 Å². The Morgan fingerprint density at radius 1 is 0.909 bits per heavy atom. The van der Waals surface area contributed by atoms with Gasteiger partial charge in [0, 0.05) is 18.3 Å². The Morgan fingerprint density at radius 3 is 2.23 bits per heavy atom. The zero-order chi connectivity index (χ0) is 14.9. The fourth-order valence-electron chi connectivity index (χ4n) is 2.32. The predicted molar refractivity (Wildman–Crippen MR) is 97.3 cm³/mol. The number of hydrogen-bond acceptors (Lipinski definition) is 3. The first kappa shape index (κ1) is 18.5. The molecule has 0 radical (unpaired) electrons. The van der Waals surface area contributed by atoms with Crippen molar-refractivity contribution >= 4 is 18.1 Å². The van der Waals surface area contributed by atoms with E-state index in [0.717, 1.165) is 38.0 Å². The molecule has 120 valence electrons. The summed E-state index contributed by atoms with van der Waals surface area (Å²) in [6.07, 6.45) is 3.13. The summed E-state index contributed by atoms with van der Waals surface area (Å²) in [5, 5.41) is 3.42. The van der Waals surface area contributed by atoms with Crippen molar-refractivity contribution in [3.8, 4) is 0 Å². The van der Waals surface area contributed by atoms with Crippen molar-refractivity contribution < 1.29 is 0 Å². The zero-order valence-electron chi connectivity index (χ0n) is 12.9. The molecule has 0 saturated heterocycles. The third kappa shape index (κ3) is 6.06. The summed E-state index contributed by atoms with van der Waals surface area (Å²) in [6, 6.07) is 18.9. The molecule has 3 nitrogen and oxygen atoms in total. The number of rotatable bonds is 8. The van der Waals surface area contributed by atoms with Crippen molar-refractivity contribution in [2.24, 2.45) is 11.5 Å². The molecule has 1 atom stereocenters. The van der Waals surface area contributed by atoms with Crippen molar-refractivity contribution in [3.05, 3.63) is 65.7 Å². The number of nitrogens with two attached hydrogens (primary N) is 2. The first-order chi connectivity index (χ1) is 10.3. The Morgan fingerprint density at radius 2 is 1.59 bits per heavy atom. The second kappa shape index (κ2) is 10.2. The van der Waals surface area contributed by atoms with E-state index in [-0.39, 0.29) is 18.4 Å². The van der Waals surface area contributed by atoms with Crippen molar-refractivity contribution in [3.63, 3.8) is 0 Å². The maximum Gasteiger partial charge on any atom is 0.0400 e. The minimum atomic E-state index is 0. The minimum Gasteiger partial charge on any atom is -0.381 e. The molecule has 2 aromatic rings. The van der Waals surface area contributed by atoms with Crippen LogP contribution in [-0.2, 0) is 6.54 Å². The monoisotopic (exact) mass is 319 g/mol. The normalized spacial score (nSPS) is 11.5. The van der Waals surface area contributed by atoms with Crippen LogP contribution in [0.3, 0.4) is 0 Å².